The van der Waals surface area contributed by atoms with Gasteiger partial charge in [-0.05, 0) is 38.5 Å². The number of aliphatic hydroxyl groups is 2. The fourth-order valence-corrected chi connectivity index (χ4v) is 3.61. The van der Waals surface area contributed by atoms with Gasteiger partial charge in [-0.3, -0.25) is 0 Å². The third-order valence-corrected chi connectivity index (χ3v) is 5.43. The van der Waals surface area contributed by atoms with Gasteiger partial charge in [-0.2, -0.15) is 0 Å². The van der Waals surface area contributed by atoms with E-state index in [0.29, 0.717) is 17.9 Å². The first-order valence-corrected chi connectivity index (χ1v) is 9.10. The second-order valence-electron chi connectivity index (χ2n) is 6.93. The maximum Gasteiger partial charge on any atom is 0.115 e. The highest BCUT2D eigenvalue weighted by Gasteiger charge is 2.45. The highest BCUT2D eigenvalue weighted by atomic mass is 16.5. The third-order valence-electron chi connectivity index (χ3n) is 5.43. The van der Waals surface area contributed by atoms with Crippen LogP contribution in [0.1, 0.15) is 39.5 Å². The summed E-state index contributed by atoms with van der Waals surface area (Å²) in [4.78, 5) is 0. The number of aliphatic hydroxyl groups excluding tert-OH is 2. The van der Waals surface area contributed by atoms with Crippen molar-refractivity contribution in [1.29, 1.82) is 0 Å². The number of allylic oxidation sites excluding steroid dienone is 2. The van der Waals surface area contributed by atoms with Crippen molar-refractivity contribution >= 4 is 0 Å². The van der Waals surface area contributed by atoms with Crippen LogP contribution >= 0.6 is 0 Å². The van der Waals surface area contributed by atoms with Crippen LogP contribution in [0.5, 0.6) is 0 Å². The molecule has 1 aliphatic carbocycles. The van der Waals surface area contributed by atoms with Crippen molar-refractivity contribution in [2.24, 2.45) is 11.3 Å². The Bertz CT molecular complexity index is 601. The molecule has 4 heteroatoms. The Morgan fingerprint density at radius 1 is 1.38 bits per heavy atom. The summed E-state index contributed by atoms with van der Waals surface area (Å²) in [5.74, 6) is 11.5. The minimum Gasteiger partial charge on any atom is -0.384 e. The number of hydrogen-bond donors (Lipinski definition) is 2. The van der Waals surface area contributed by atoms with E-state index in [1.54, 1.807) is 20.3 Å². The summed E-state index contributed by atoms with van der Waals surface area (Å²) in [7, 11) is 3.34. The Labute approximate surface area is 158 Å². The molecule has 1 rings (SSSR count). The highest BCUT2D eigenvalue weighted by Crippen LogP contribution is 2.48. The van der Waals surface area contributed by atoms with Gasteiger partial charge in [0.25, 0.3) is 0 Å². The van der Waals surface area contributed by atoms with E-state index in [-0.39, 0.29) is 24.2 Å². The van der Waals surface area contributed by atoms with Gasteiger partial charge in [0.05, 0.1) is 12.2 Å². The van der Waals surface area contributed by atoms with Crippen molar-refractivity contribution in [3.05, 3.63) is 24.3 Å². The maximum atomic E-state index is 10.2. The zero-order valence-electron chi connectivity index (χ0n) is 16.4. The molecule has 0 saturated heterocycles. The van der Waals surface area contributed by atoms with Crippen LogP contribution in [-0.2, 0) is 9.47 Å². The van der Waals surface area contributed by atoms with E-state index in [2.05, 4.69) is 37.2 Å². The summed E-state index contributed by atoms with van der Waals surface area (Å²) in [5.41, 5.74) is 0.660. The van der Waals surface area contributed by atoms with Crippen molar-refractivity contribution in [1.82, 2.24) is 0 Å². The van der Waals surface area contributed by atoms with E-state index in [1.165, 1.54) is 0 Å². The van der Waals surface area contributed by atoms with E-state index in [0.717, 1.165) is 19.3 Å². The number of rotatable bonds is 7. The van der Waals surface area contributed by atoms with Crippen molar-refractivity contribution in [2.45, 2.75) is 57.8 Å². The largest absolute Gasteiger partial charge is 0.384 e. The second-order valence-corrected chi connectivity index (χ2v) is 6.93. The van der Waals surface area contributed by atoms with Crippen LogP contribution in [0.2, 0.25) is 0 Å². The topological polar surface area (TPSA) is 58.9 Å². The molecule has 0 aromatic carbocycles. The van der Waals surface area contributed by atoms with Crippen LogP contribution < -0.4 is 0 Å². The maximum absolute atomic E-state index is 10.2. The monoisotopic (exact) mass is 360 g/mol. The van der Waals surface area contributed by atoms with Crippen LogP contribution in [0.15, 0.2) is 24.3 Å². The van der Waals surface area contributed by atoms with Gasteiger partial charge in [-0.25, -0.2) is 0 Å². The second kappa shape index (κ2) is 11.2. The molecule has 0 radical (unpaired) electrons. The molecule has 0 aromatic heterocycles. The van der Waals surface area contributed by atoms with Gasteiger partial charge in [0.1, 0.15) is 12.7 Å². The normalized spacial score (nSPS) is 27.7. The van der Waals surface area contributed by atoms with Gasteiger partial charge in [0, 0.05) is 31.3 Å². The molecule has 0 spiro atoms. The van der Waals surface area contributed by atoms with Crippen molar-refractivity contribution in [3.8, 4) is 23.7 Å². The van der Waals surface area contributed by atoms with E-state index in [4.69, 9.17) is 14.6 Å². The minimum absolute atomic E-state index is 0.0165. The summed E-state index contributed by atoms with van der Waals surface area (Å²) in [6.45, 7) is 7.81. The first-order valence-electron chi connectivity index (χ1n) is 9.10. The lowest BCUT2D eigenvalue weighted by molar-refractivity contribution is -0.00168. The summed E-state index contributed by atoms with van der Waals surface area (Å²) in [6.07, 6.45) is 6.42. The van der Waals surface area contributed by atoms with Crippen LogP contribution in [0.25, 0.3) is 0 Å². The van der Waals surface area contributed by atoms with Crippen LogP contribution in [-0.4, -0.2) is 49.4 Å². The van der Waals surface area contributed by atoms with E-state index >= 15 is 0 Å². The summed E-state index contributed by atoms with van der Waals surface area (Å²) in [6, 6.07) is 0. The van der Waals surface area contributed by atoms with E-state index in [9.17, 15) is 5.11 Å². The average Bonchev–Trinajstić information content (AvgIpc) is 2.97. The molecule has 0 aromatic rings. The first kappa shape index (κ1) is 22.5. The molecule has 0 bridgehead atoms. The predicted octanol–water partition coefficient (Wildman–Crippen LogP) is 2.71. The minimum atomic E-state index is -0.712. The van der Waals surface area contributed by atoms with Crippen LogP contribution in [0.4, 0.5) is 0 Å². The Morgan fingerprint density at radius 3 is 2.69 bits per heavy atom. The lowest BCUT2D eigenvalue weighted by atomic mass is 9.74. The molecule has 0 amide bonds. The molecule has 5 atom stereocenters. The molecule has 0 heterocycles. The lowest BCUT2D eigenvalue weighted by Crippen LogP contribution is -2.34. The van der Waals surface area contributed by atoms with Gasteiger partial charge < -0.3 is 19.7 Å². The van der Waals surface area contributed by atoms with Crippen molar-refractivity contribution in [2.75, 3.05) is 20.8 Å². The Balaban J connectivity index is 2.74. The third kappa shape index (κ3) is 6.01. The predicted molar refractivity (Wildman–Crippen MR) is 104 cm³/mol. The molecule has 4 nitrogen and oxygen atoms in total. The fourth-order valence-electron chi connectivity index (χ4n) is 3.61. The summed E-state index contributed by atoms with van der Waals surface area (Å²) >= 11 is 0. The lowest BCUT2D eigenvalue weighted by Gasteiger charge is -2.35. The molecule has 1 fully saturated rings. The van der Waals surface area contributed by atoms with Gasteiger partial charge >= 0.3 is 0 Å². The molecule has 0 aliphatic heterocycles. The molecular weight excluding hydrogens is 328 g/mol. The summed E-state index contributed by atoms with van der Waals surface area (Å²) in [5, 5.41) is 19.1. The molecule has 2 N–H and O–H groups in total. The highest BCUT2D eigenvalue weighted by molar-refractivity contribution is 5.38. The van der Waals surface area contributed by atoms with Gasteiger partial charge in [-0.15, -0.1) is 6.58 Å². The Kier molecular flexibility index (Phi) is 9.70. The smallest absolute Gasteiger partial charge is 0.115 e. The van der Waals surface area contributed by atoms with Crippen molar-refractivity contribution < 1.29 is 19.7 Å². The van der Waals surface area contributed by atoms with E-state index < -0.39 is 6.10 Å². The summed E-state index contributed by atoms with van der Waals surface area (Å²) < 4.78 is 10.9. The molecule has 26 heavy (non-hydrogen) atoms. The number of hydrogen-bond acceptors (Lipinski definition) is 4. The average molecular weight is 360 g/mol. The fraction of sp³-hybridized carbons (Fsp3) is 0.636. The van der Waals surface area contributed by atoms with Gasteiger partial charge in [-0.1, -0.05) is 36.7 Å². The molecule has 144 valence electrons. The molecule has 1 saturated carbocycles. The van der Waals surface area contributed by atoms with Crippen LogP contribution in [0, 0.1) is 35.0 Å². The van der Waals surface area contributed by atoms with Crippen molar-refractivity contribution in [3.63, 3.8) is 0 Å². The Hall–Kier alpha value is -1.56. The molecule has 2 unspecified atom stereocenters. The molecule has 1 aliphatic rings. The van der Waals surface area contributed by atoms with Gasteiger partial charge in [0.2, 0.25) is 0 Å². The first-order chi connectivity index (χ1) is 12.4. The zero-order valence-corrected chi connectivity index (χ0v) is 16.4. The zero-order chi connectivity index (χ0) is 19.6. The standard InChI is InChI=1S/C22H32O4/c1-6-19-12-13-21(26-5)22(19,3)15-14-20(24)11-7-9-18(10-8-16-23)17(2)25-4/h6,9,17,19-21,23-24H,1,12-16H2,2-5H3/b18-9+/t17?,19-,20?,21+,22+/m1/s1. The van der Waals surface area contributed by atoms with Crippen LogP contribution in [0.3, 0.4) is 0 Å². The van der Waals surface area contributed by atoms with E-state index in [1.807, 2.05) is 13.0 Å². The quantitative estimate of drug-likeness (QED) is 0.541. The SMILES string of the molecule is C=C[C@@H]1CC[C@H](OC)[C@@]1(C)CCC(O)C#C/C=C(\C#CCO)C(C)OC. The van der Waals surface area contributed by atoms with Gasteiger partial charge in [0.15, 0.2) is 0 Å². The Morgan fingerprint density at radius 2 is 2.12 bits per heavy atom. The number of ether oxygens (including phenoxy) is 2. The molecular formula is C22H32O4. The number of methoxy groups -OCH3 is 2.